The van der Waals surface area contributed by atoms with Crippen molar-refractivity contribution < 1.29 is 0 Å². The zero-order valence-corrected chi connectivity index (χ0v) is 8.09. The van der Waals surface area contributed by atoms with Crippen molar-refractivity contribution in [2.24, 2.45) is 0 Å². The van der Waals surface area contributed by atoms with Gasteiger partial charge in [-0.1, -0.05) is 5.92 Å². The number of nitrogens with zero attached hydrogens (tertiary/aromatic N) is 3. The largest absolute Gasteiger partial charge is 0.373 e. The monoisotopic (exact) mass is 198 g/mol. The first kappa shape index (κ1) is 9.28. The number of aromatic nitrogens is 3. The fourth-order valence-corrected chi connectivity index (χ4v) is 1.19. The molecular formula is C11H10N4. The number of pyridine rings is 1. The molecule has 0 fully saturated rings. The molecule has 0 saturated heterocycles. The van der Waals surface area contributed by atoms with Crippen molar-refractivity contribution in [2.75, 3.05) is 11.9 Å². The van der Waals surface area contributed by atoms with Gasteiger partial charge in [0.25, 0.3) is 0 Å². The number of hydrogen-bond donors (Lipinski definition) is 1. The number of terminal acetylenes is 1. The molecule has 2 aromatic heterocycles. The van der Waals surface area contributed by atoms with Gasteiger partial charge in [0.15, 0.2) is 0 Å². The lowest BCUT2D eigenvalue weighted by atomic mass is 10.4. The Kier molecular flexibility index (Phi) is 2.65. The van der Waals surface area contributed by atoms with Crippen molar-refractivity contribution >= 4 is 5.69 Å². The SMILES string of the molecule is C#CCNc1ccc(-n2ccnc2)nc1. The highest BCUT2D eigenvalue weighted by atomic mass is 15.1. The van der Waals surface area contributed by atoms with Crippen LogP contribution in [0.2, 0.25) is 0 Å². The van der Waals surface area contributed by atoms with Gasteiger partial charge in [-0.05, 0) is 12.1 Å². The number of nitrogens with one attached hydrogen (secondary N) is 1. The van der Waals surface area contributed by atoms with Crippen LogP contribution in [0.1, 0.15) is 0 Å². The zero-order chi connectivity index (χ0) is 10.5. The molecule has 1 N–H and O–H groups in total. The van der Waals surface area contributed by atoms with E-state index in [1.165, 1.54) is 0 Å². The summed E-state index contributed by atoms with van der Waals surface area (Å²) in [6, 6.07) is 3.83. The van der Waals surface area contributed by atoms with Crippen molar-refractivity contribution in [3.8, 4) is 18.2 Å². The summed E-state index contributed by atoms with van der Waals surface area (Å²) < 4.78 is 1.84. The van der Waals surface area contributed by atoms with Crippen molar-refractivity contribution in [3.63, 3.8) is 0 Å². The molecule has 0 atom stereocenters. The average molecular weight is 198 g/mol. The van der Waals surface area contributed by atoms with Crippen LogP contribution in [0.25, 0.3) is 5.82 Å². The third-order valence-corrected chi connectivity index (χ3v) is 1.91. The summed E-state index contributed by atoms with van der Waals surface area (Å²) in [5, 5.41) is 3.04. The summed E-state index contributed by atoms with van der Waals surface area (Å²) in [6.45, 7) is 0.506. The van der Waals surface area contributed by atoms with Gasteiger partial charge in [0.05, 0.1) is 18.4 Å². The molecule has 74 valence electrons. The minimum Gasteiger partial charge on any atom is -0.373 e. The molecule has 0 aromatic carbocycles. The second-order valence-corrected chi connectivity index (χ2v) is 2.93. The Hall–Kier alpha value is -2.28. The Balaban J connectivity index is 2.15. The van der Waals surface area contributed by atoms with E-state index < -0.39 is 0 Å². The quantitative estimate of drug-likeness (QED) is 0.756. The van der Waals surface area contributed by atoms with Gasteiger partial charge < -0.3 is 5.32 Å². The molecule has 4 nitrogen and oxygen atoms in total. The molecule has 0 saturated carbocycles. The van der Waals surface area contributed by atoms with E-state index in [-0.39, 0.29) is 0 Å². The Morgan fingerprint density at radius 1 is 1.47 bits per heavy atom. The highest BCUT2D eigenvalue weighted by molar-refractivity contribution is 5.44. The lowest BCUT2D eigenvalue weighted by Crippen LogP contribution is -2.00. The molecule has 15 heavy (non-hydrogen) atoms. The normalized spacial score (nSPS) is 9.53. The van der Waals surface area contributed by atoms with E-state index in [1.807, 2.05) is 22.9 Å². The third kappa shape index (κ3) is 2.15. The lowest BCUT2D eigenvalue weighted by molar-refractivity contribution is 0.993. The van der Waals surface area contributed by atoms with Crippen LogP contribution in [-0.2, 0) is 0 Å². The lowest BCUT2D eigenvalue weighted by Gasteiger charge is -2.03. The topological polar surface area (TPSA) is 42.7 Å². The summed E-state index contributed by atoms with van der Waals surface area (Å²) in [5.41, 5.74) is 0.914. The summed E-state index contributed by atoms with van der Waals surface area (Å²) in [6.07, 6.45) is 12.1. The Labute approximate surface area is 88.0 Å². The Bertz CT molecular complexity index is 450. The summed E-state index contributed by atoms with van der Waals surface area (Å²) in [5.74, 6) is 3.34. The van der Waals surface area contributed by atoms with Gasteiger partial charge in [0.1, 0.15) is 12.1 Å². The van der Waals surface area contributed by atoms with Crippen LogP contribution < -0.4 is 5.32 Å². The maximum Gasteiger partial charge on any atom is 0.137 e. The average Bonchev–Trinajstić information content (AvgIpc) is 2.80. The molecule has 0 bridgehead atoms. The van der Waals surface area contributed by atoms with Crippen LogP contribution in [0.3, 0.4) is 0 Å². The minimum atomic E-state index is 0.506. The smallest absolute Gasteiger partial charge is 0.137 e. The fraction of sp³-hybridized carbons (Fsp3) is 0.0909. The summed E-state index contributed by atoms with van der Waals surface area (Å²) in [7, 11) is 0. The molecule has 0 aliphatic rings. The zero-order valence-electron chi connectivity index (χ0n) is 8.09. The first-order chi connectivity index (χ1) is 7.40. The molecule has 0 aliphatic carbocycles. The van der Waals surface area contributed by atoms with E-state index in [0.717, 1.165) is 11.5 Å². The maximum absolute atomic E-state index is 5.14. The van der Waals surface area contributed by atoms with E-state index >= 15 is 0 Å². The first-order valence-electron chi connectivity index (χ1n) is 4.52. The summed E-state index contributed by atoms with van der Waals surface area (Å²) >= 11 is 0. The highest BCUT2D eigenvalue weighted by Gasteiger charge is 1.96. The van der Waals surface area contributed by atoms with Crippen molar-refractivity contribution in [3.05, 3.63) is 37.1 Å². The molecule has 4 heteroatoms. The maximum atomic E-state index is 5.14. The fourth-order valence-electron chi connectivity index (χ4n) is 1.19. The number of hydrogen-bond acceptors (Lipinski definition) is 3. The van der Waals surface area contributed by atoms with Crippen molar-refractivity contribution in [1.82, 2.24) is 14.5 Å². The second kappa shape index (κ2) is 4.29. The van der Waals surface area contributed by atoms with E-state index in [9.17, 15) is 0 Å². The number of imidazole rings is 1. The first-order valence-corrected chi connectivity index (χ1v) is 4.52. The molecule has 2 aromatic rings. The van der Waals surface area contributed by atoms with Crippen LogP contribution in [0.5, 0.6) is 0 Å². The second-order valence-electron chi connectivity index (χ2n) is 2.93. The molecular weight excluding hydrogens is 188 g/mol. The van der Waals surface area contributed by atoms with Gasteiger partial charge in [0, 0.05) is 12.4 Å². The molecule has 0 amide bonds. The van der Waals surface area contributed by atoms with Crippen LogP contribution >= 0.6 is 0 Å². The van der Waals surface area contributed by atoms with Gasteiger partial charge in [0.2, 0.25) is 0 Å². The van der Waals surface area contributed by atoms with Gasteiger partial charge in [-0.2, -0.15) is 0 Å². The molecule has 0 unspecified atom stereocenters. The standard InChI is InChI=1S/C11H10N4/c1-2-5-13-10-3-4-11(14-8-10)15-7-6-12-9-15/h1,3-4,6-9,13H,5H2. The predicted octanol–water partition coefficient (Wildman–Crippen LogP) is 1.31. The molecule has 2 heterocycles. The third-order valence-electron chi connectivity index (χ3n) is 1.91. The van der Waals surface area contributed by atoms with Gasteiger partial charge in [-0.15, -0.1) is 6.42 Å². The molecule has 2 rings (SSSR count). The number of anilines is 1. The molecule has 0 radical (unpaired) electrons. The van der Waals surface area contributed by atoms with Crippen LogP contribution in [0.4, 0.5) is 5.69 Å². The predicted molar refractivity (Wildman–Crippen MR) is 58.7 cm³/mol. The van der Waals surface area contributed by atoms with Gasteiger partial charge in [-0.3, -0.25) is 4.57 Å². The van der Waals surface area contributed by atoms with Gasteiger partial charge >= 0.3 is 0 Å². The molecule has 0 aliphatic heterocycles. The van der Waals surface area contributed by atoms with Crippen LogP contribution in [-0.4, -0.2) is 21.1 Å². The van der Waals surface area contributed by atoms with Gasteiger partial charge in [-0.25, -0.2) is 9.97 Å². The molecule has 0 spiro atoms. The Morgan fingerprint density at radius 2 is 2.40 bits per heavy atom. The van der Waals surface area contributed by atoms with E-state index in [1.54, 1.807) is 18.7 Å². The highest BCUT2D eigenvalue weighted by Crippen LogP contribution is 2.08. The Morgan fingerprint density at radius 3 is 3.00 bits per heavy atom. The van der Waals surface area contributed by atoms with E-state index in [2.05, 4.69) is 21.2 Å². The van der Waals surface area contributed by atoms with Crippen LogP contribution in [0, 0.1) is 12.3 Å². The number of rotatable bonds is 3. The van der Waals surface area contributed by atoms with Crippen molar-refractivity contribution in [1.29, 1.82) is 0 Å². The van der Waals surface area contributed by atoms with E-state index in [4.69, 9.17) is 6.42 Å². The van der Waals surface area contributed by atoms with E-state index in [0.29, 0.717) is 6.54 Å². The van der Waals surface area contributed by atoms with Crippen LogP contribution in [0.15, 0.2) is 37.1 Å². The van der Waals surface area contributed by atoms with Crippen molar-refractivity contribution in [2.45, 2.75) is 0 Å². The summed E-state index contributed by atoms with van der Waals surface area (Å²) in [4.78, 5) is 8.22. The minimum absolute atomic E-state index is 0.506.